The van der Waals surface area contributed by atoms with Crippen LogP contribution < -0.4 is 10.2 Å². The Bertz CT molecular complexity index is 389. The maximum Gasteiger partial charge on any atom is 0.322 e. The number of carboxylic acid groups (broad SMARTS) is 1. The van der Waals surface area contributed by atoms with Crippen LogP contribution in [0, 0.1) is 0 Å². The molecule has 2 rings (SSSR count). The van der Waals surface area contributed by atoms with Crippen molar-refractivity contribution in [3.63, 3.8) is 0 Å². The van der Waals surface area contributed by atoms with Gasteiger partial charge in [-0.25, -0.2) is 0 Å². The molecule has 1 aromatic carbocycles. The van der Waals surface area contributed by atoms with Gasteiger partial charge < -0.3 is 15.3 Å². The summed E-state index contributed by atoms with van der Waals surface area (Å²) in [5, 5.41) is 12.0. The molecule has 1 unspecified atom stereocenters. The number of hydrogen-bond acceptors (Lipinski definition) is 3. The van der Waals surface area contributed by atoms with Gasteiger partial charge in [0.15, 0.2) is 0 Å². The van der Waals surface area contributed by atoms with Crippen LogP contribution in [0.25, 0.3) is 0 Å². The molecule has 1 atom stereocenters. The second-order valence-corrected chi connectivity index (χ2v) is 4.31. The van der Waals surface area contributed by atoms with Gasteiger partial charge in [0.1, 0.15) is 6.04 Å². The van der Waals surface area contributed by atoms with Gasteiger partial charge in [0.25, 0.3) is 0 Å². The van der Waals surface area contributed by atoms with E-state index in [-0.39, 0.29) is 0 Å². The van der Waals surface area contributed by atoms with E-state index in [1.165, 1.54) is 5.56 Å². The number of hydrogen-bond donors (Lipinski definition) is 2. The third kappa shape index (κ3) is 2.77. The molecule has 4 nitrogen and oxygen atoms in total. The first-order valence-corrected chi connectivity index (χ1v) is 6.00. The number of aliphatic carboxylic acids is 1. The molecule has 0 aliphatic carbocycles. The zero-order valence-corrected chi connectivity index (χ0v) is 10.0. The van der Waals surface area contributed by atoms with Crippen LogP contribution in [0.5, 0.6) is 0 Å². The second kappa shape index (κ2) is 5.19. The molecular formula is C13H18N2O2. The molecule has 0 amide bonds. The van der Waals surface area contributed by atoms with Crippen molar-refractivity contribution in [1.29, 1.82) is 0 Å². The lowest BCUT2D eigenvalue weighted by atomic mass is 10.1. The summed E-state index contributed by atoms with van der Waals surface area (Å²) in [6.07, 6.45) is 1.03. The largest absolute Gasteiger partial charge is 0.480 e. The molecule has 0 saturated carbocycles. The van der Waals surface area contributed by atoms with E-state index in [4.69, 9.17) is 5.11 Å². The molecule has 1 fully saturated rings. The topological polar surface area (TPSA) is 52.6 Å². The Morgan fingerprint density at radius 1 is 1.47 bits per heavy atom. The van der Waals surface area contributed by atoms with E-state index in [0.29, 0.717) is 13.1 Å². The molecule has 0 spiro atoms. The minimum Gasteiger partial charge on any atom is -0.480 e. The van der Waals surface area contributed by atoms with Crippen LogP contribution in [0.4, 0.5) is 5.69 Å². The quantitative estimate of drug-likeness (QED) is 0.822. The van der Waals surface area contributed by atoms with Crippen LogP contribution in [0.3, 0.4) is 0 Å². The standard InChI is InChI=1S/C13H18N2O2/c1-2-10-3-5-11(6-4-10)15-8-7-14-12(9-15)13(16)17/h3-6,12,14H,2,7-9H2,1H3,(H,16,17). The number of carbonyl (C=O) groups is 1. The van der Waals surface area contributed by atoms with Crippen molar-refractivity contribution in [1.82, 2.24) is 5.32 Å². The smallest absolute Gasteiger partial charge is 0.322 e. The zero-order chi connectivity index (χ0) is 12.3. The highest BCUT2D eigenvalue weighted by molar-refractivity contribution is 5.75. The maximum absolute atomic E-state index is 10.9. The Hall–Kier alpha value is -1.55. The summed E-state index contributed by atoms with van der Waals surface area (Å²) < 4.78 is 0. The van der Waals surface area contributed by atoms with Crippen LogP contribution in [-0.4, -0.2) is 36.8 Å². The number of aryl methyl sites for hydroxylation is 1. The molecule has 4 heteroatoms. The van der Waals surface area contributed by atoms with Crippen molar-refractivity contribution in [2.75, 3.05) is 24.5 Å². The Morgan fingerprint density at radius 2 is 2.18 bits per heavy atom. The summed E-state index contributed by atoms with van der Waals surface area (Å²) in [5.41, 5.74) is 2.41. The molecule has 2 N–H and O–H groups in total. The lowest BCUT2D eigenvalue weighted by Gasteiger charge is -2.33. The summed E-state index contributed by atoms with van der Waals surface area (Å²) in [5.74, 6) is -0.778. The number of nitrogens with zero attached hydrogens (tertiary/aromatic N) is 1. The first kappa shape index (κ1) is 11.9. The monoisotopic (exact) mass is 234 g/mol. The number of anilines is 1. The predicted molar refractivity (Wildman–Crippen MR) is 67.5 cm³/mol. The number of rotatable bonds is 3. The Kier molecular flexibility index (Phi) is 3.64. The molecule has 92 valence electrons. The van der Waals surface area contributed by atoms with Gasteiger partial charge >= 0.3 is 5.97 Å². The number of benzene rings is 1. The maximum atomic E-state index is 10.9. The molecule has 1 heterocycles. The lowest BCUT2D eigenvalue weighted by Crippen LogP contribution is -2.54. The average molecular weight is 234 g/mol. The SMILES string of the molecule is CCc1ccc(N2CCNC(C(=O)O)C2)cc1. The average Bonchev–Trinajstić information content (AvgIpc) is 2.39. The molecule has 0 radical (unpaired) electrons. The van der Waals surface area contributed by atoms with E-state index in [0.717, 1.165) is 18.7 Å². The van der Waals surface area contributed by atoms with E-state index >= 15 is 0 Å². The van der Waals surface area contributed by atoms with Crippen molar-refractivity contribution < 1.29 is 9.90 Å². The Labute approximate surface area is 101 Å². The third-order valence-electron chi connectivity index (χ3n) is 3.18. The lowest BCUT2D eigenvalue weighted by molar-refractivity contribution is -0.139. The predicted octanol–water partition coefficient (Wildman–Crippen LogP) is 1.11. The fraction of sp³-hybridized carbons (Fsp3) is 0.462. The van der Waals surface area contributed by atoms with Gasteiger partial charge in [-0.15, -0.1) is 0 Å². The van der Waals surface area contributed by atoms with Crippen molar-refractivity contribution in [2.45, 2.75) is 19.4 Å². The van der Waals surface area contributed by atoms with Gasteiger partial charge in [-0.3, -0.25) is 4.79 Å². The van der Waals surface area contributed by atoms with Gasteiger partial charge in [-0.2, -0.15) is 0 Å². The van der Waals surface area contributed by atoms with Gasteiger partial charge in [0.05, 0.1) is 0 Å². The molecule has 1 saturated heterocycles. The molecule has 1 aliphatic heterocycles. The molecule has 0 bridgehead atoms. The summed E-state index contributed by atoms with van der Waals surface area (Å²) in [7, 11) is 0. The minimum absolute atomic E-state index is 0.463. The first-order chi connectivity index (χ1) is 8.20. The Morgan fingerprint density at radius 3 is 2.76 bits per heavy atom. The highest BCUT2D eigenvalue weighted by Gasteiger charge is 2.24. The summed E-state index contributed by atoms with van der Waals surface area (Å²) in [6, 6.07) is 7.89. The molecular weight excluding hydrogens is 216 g/mol. The van der Waals surface area contributed by atoms with Gasteiger partial charge in [-0.05, 0) is 24.1 Å². The van der Waals surface area contributed by atoms with Crippen LogP contribution in [0.1, 0.15) is 12.5 Å². The summed E-state index contributed by atoms with van der Waals surface area (Å²) in [4.78, 5) is 13.1. The summed E-state index contributed by atoms with van der Waals surface area (Å²) >= 11 is 0. The van der Waals surface area contributed by atoms with E-state index in [1.807, 2.05) is 0 Å². The first-order valence-electron chi connectivity index (χ1n) is 6.00. The number of carboxylic acids is 1. The van der Waals surface area contributed by atoms with Crippen molar-refractivity contribution in [3.8, 4) is 0 Å². The van der Waals surface area contributed by atoms with Gasteiger partial charge in [0, 0.05) is 25.3 Å². The summed E-state index contributed by atoms with van der Waals surface area (Å²) in [6.45, 7) is 4.23. The van der Waals surface area contributed by atoms with E-state index in [1.54, 1.807) is 0 Å². The van der Waals surface area contributed by atoms with Crippen molar-refractivity contribution in [3.05, 3.63) is 29.8 Å². The number of nitrogens with one attached hydrogen (secondary N) is 1. The van der Waals surface area contributed by atoms with Crippen LogP contribution in [0.2, 0.25) is 0 Å². The van der Waals surface area contributed by atoms with E-state index in [2.05, 4.69) is 41.4 Å². The second-order valence-electron chi connectivity index (χ2n) is 4.31. The zero-order valence-electron chi connectivity index (χ0n) is 10.0. The van der Waals surface area contributed by atoms with Crippen molar-refractivity contribution >= 4 is 11.7 Å². The third-order valence-corrected chi connectivity index (χ3v) is 3.18. The van der Waals surface area contributed by atoms with E-state index in [9.17, 15) is 4.79 Å². The van der Waals surface area contributed by atoms with Gasteiger partial charge in [-0.1, -0.05) is 19.1 Å². The molecule has 0 aromatic heterocycles. The van der Waals surface area contributed by atoms with Crippen LogP contribution in [-0.2, 0) is 11.2 Å². The normalized spacial score (nSPS) is 20.3. The highest BCUT2D eigenvalue weighted by atomic mass is 16.4. The van der Waals surface area contributed by atoms with Crippen LogP contribution >= 0.6 is 0 Å². The molecule has 17 heavy (non-hydrogen) atoms. The van der Waals surface area contributed by atoms with Crippen LogP contribution in [0.15, 0.2) is 24.3 Å². The molecule has 1 aliphatic rings. The van der Waals surface area contributed by atoms with Crippen molar-refractivity contribution in [2.24, 2.45) is 0 Å². The highest BCUT2D eigenvalue weighted by Crippen LogP contribution is 2.17. The minimum atomic E-state index is -0.778. The fourth-order valence-electron chi connectivity index (χ4n) is 2.09. The number of piperazine rings is 1. The fourth-order valence-corrected chi connectivity index (χ4v) is 2.09. The Balaban J connectivity index is 2.08. The van der Waals surface area contributed by atoms with Gasteiger partial charge in [0.2, 0.25) is 0 Å². The van der Waals surface area contributed by atoms with E-state index < -0.39 is 12.0 Å². The molecule has 1 aromatic rings.